The van der Waals surface area contributed by atoms with E-state index in [1.165, 1.54) is 6.20 Å². The molecule has 100 valence electrons. The van der Waals surface area contributed by atoms with Gasteiger partial charge in [-0.15, -0.1) is 0 Å². The summed E-state index contributed by atoms with van der Waals surface area (Å²) in [6.45, 7) is 2.08. The topological polar surface area (TPSA) is 63.0 Å². The molecule has 20 heavy (non-hydrogen) atoms. The van der Waals surface area contributed by atoms with Gasteiger partial charge in [-0.3, -0.25) is 4.98 Å². The first-order valence-electron chi connectivity index (χ1n) is 6.34. The van der Waals surface area contributed by atoms with Gasteiger partial charge in [0.1, 0.15) is 5.92 Å². The van der Waals surface area contributed by atoms with Crippen LogP contribution in [0.5, 0.6) is 0 Å². The Hall–Kier alpha value is -2.67. The molecule has 2 aromatic rings. The molecule has 2 rings (SSSR count). The summed E-state index contributed by atoms with van der Waals surface area (Å²) in [5.41, 5.74) is 1.89. The quantitative estimate of drug-likeness (QED) is 0.798. The van der Waals surface area contributed by atoms with E-state index < -0.39 is 11.9 Å². The lowest BCUT2D eigenvalue weighted by Crippen LogP contribution is -2.07. The highest BCUT2D eigenvalue weighted by Gasteiger charge is 2.15. The first-order valence-corrected chi connectivity index (χ1v) is 6.34. The number of hydrogen-bond acceptors (Lipinski definition) is 4. The van der Waals surface area contributed by atoms with Gasteiger partial charge in [0.2, 0.25) is 0 Å². The van der Waals surface area contributed by atoms with Gasteiger partial charge in [-0.05, 0) is 24.6 Å². The van der Waals surface area contributed by atoms with Crippen molar-refractivity contribution in [2.45, 2.75) is 12.8 Å². The van der Waals surface area contributed by atoms with Gasteiger partial charge in [-0.1, -0.05) is 30.3 Å². The second-order valence-electron chi connectivity index (χ2n) is 4.17. The number of esters is 1. The van der Waals surface area contributed by atoms with Crippen LogP contribution in [-0.4, -0.2) is 17.6 Å². The summed E-state index contributed by atoms with van der Waals surface area (Å²) < 4.78 is 4.90. The average Bonchev–Trinajstić information content (AvgIpc) is 2.50. The van der Waals surface area contributed by atoms with Gasteiger partial charge in [0.25, 0.3) is 0 Å². The second kappa shape index (κ2) is 6.48. The molecule has 1 heterocycles. The number of ether oxygens (including phenoxy) is 1. The van der Waals surface area contributed by atoms with Crippen molar-refractivity contribution in [3.05, 3.63) is 65.5 Å². The molecule has 4 nitrogen and oxygen atoms in total. The van der Waals surface area contributed by atoms with Crippen LogP contribution in [0.3, 0.4) is 0 Å². The average molecular weight is 266 g/mol. The molecule has 0 amide bonds. The summed E-state index contributed by atoms with van der Waals surface area (Å²) in [5, 5.41) is 9.31. The minimum atomic E-state index is -0.438. The van der Waals surface area contributed by atoms with Gasteiger partial charge in [0.15, 0.2) is 0 Å². The summed E-state index contributed by atoms with van der Waals surface area (Å²) in [6, 6.07) is 15.0. The molecular formula is C16H14N2O2. The number of carbonyl (C=O) groups is 1. The standard InChI is InChI=1S/C16H14N2O2/c1-2-20-16(19)13-8-9-15(18-11-13)14(10-17)12-6-4-3-5-7-12/h3-9,11,14H,2H2,1H3. The Balaban J connectivity index is 2.25. The highest BCUT2D eigenvalue weighted by Crippen LogP contribution is 2.22. The SMILES string of the molecule is CCOC(=O)c1ccc(C(C#N)c2ccccc2)nc1. The fraction of sp³-hybridized carbons (Fsp3) is 0.188. The molecule has 0 N–H and O–H groups in total. The molecule has 0 aliphatic carbocycles. The van der Waals surface area contributed by atoms with E-state index in [4.69, 9.17) is 4.74 Å². The van der Waals surface area contributed by atoms with Crippen molar-refractivity contribution >= 4 is 5.97 Å². The van der Waals surface area contributed by atoms with Crippen molar-refractivity contribution in [2.75, 3.05) is 6.61 Å². The molecule has 0 saturated carbocycles. The summed E-state index contributed by atoms with van der Waals surface area (Å²) >= 11 is 0. The Morgan fingerprint density at radius 1 is 1.30 bits per heavy atom. The van der Waals surface area contributed by atoms with Gasteiger partial charge in [0, 0.05) is 6.20 Å². The van der Waals surface area contributed by atoms with Crippen LogP contribution in [0.25, 0.3) is 0 Å². The van der Waals surface area contributed by atoms with Crippen LogP contribution in [0.4, 0.5) is 0 Å². The summed E-state index contributed by atoms with van der Waals surface area (Å²) in [4.78, 5) is 15.7. The van der Waals surface area contributed by atoms with Crippen LogP contribution in [0.15, 0.2) is 48.7 Å². The van der Waals surface area contributed by atoms with Crippen molar-refractivity contribution in [1.82, 2.24) is 4.98 Å². The molecule has 1 atom stereocenters. The van der Waals surface area contributed by atoms with Crippen LogP contribution in [0.1, 0.15) is 34.5 Å². The Bertz CT molecular complexity index is 615. The van der Waals surface area contributed by atoms with E-state index in [2.05, 4.69) is 11.1 Å². The molecule has 0 fully saturated rings. The second-order valence-corrected chi connectivity index (χ2v) is 4.17. The zero-order valence-corrected chi connectivity index (χ0v) is 11.1. The fourth-order valence-electron chi connectivity index (χ4n) is 1.87. The van der Waals surface area contributed by atoms with E-state index in [-0.39, 0.29) is 0 Å². The highest BCUT2D eigenvalue weighted by molar-refractivity contribution is 5.88. The van der Waals surface area contributed by atoms with Crippen molar-refractivity contribution in [3.63, 3.8) is 0 Å². The van der Waals surface area contributed by atoms with Gasteiger partial charge in [-0.2, -0.15) is 5.26 Å². The normalized spacial score (nSPS) is 11.4. The Morgan fingerprint density at radius 2 is 2.05 bits per heavy atom. The minimum Gasteiger partial charge on any atom is -0.462 e. The lowest BCUT2D eigenvalue weighted by Gasteiger charge is -2.09. The van der Waals surface area contributed by atoms with Gasteiger partial charge in [-0.25, -0.2) is 4.79 Å². The maximum absolute atomic E-state index is 11.5. The lowest BCUT2D eigenvalue weighted by atomic mass is 9.96. The zero-order chi connectivity index (χ0) is 14.4. The number of pyridine rings is 1. The zero-order valence-electron chi connectivity index (χ0n) is 11.1. The number of hydrogen-bond donors (Lipinski definition) is 0. The van der Waals surface area contributed by atoms with Crippen molar-refractivity contribution in [2.24, 2.45) is 0 Å². The molecule has 0 bridgehead atoms. The third kappa shape index (κ3) is 3.01. The summed E-state index contributed by atoms with van der Waals surface area (Å²) in [5.74, 6) is -0.841. The highest BCUT2D eigenvalue weighted by atomic mass is 16.5. The summed E-state index contributed by atoms with van der Waals surface area (Å²) in [6.07, 6.45) is 1.45. The predicted molar refractivity (Wildman–Crippen MR) is 74.1 cm³/mol. The van der Waals surface area contributed by atoms with Crippen LogP contribution < -0.4 is 0 Å². The number of nitriles is 1. The van der Waals surface area contributed by atoms with Crippen molar-refractivity contribution in [1.29, 1.82) is 5.26 Å². The van der Waals surface area contributed by atoms with E-state index >= 15 is 0 Å². The molecule has 4 heteroatoms. The van der Waals surface area contributed by atoms with Crippen molar-refractivity contribution < 1.29 is 9.53 Å². The minimum absolute atomic E-state index is 0.325. The number of rotatable bonds is 4. The molecule has 0 saturated heterocycles. The maximum atomic E-state index is 11.5. The Morgan fingerprint density at radius 3 is 2.60 bits per heavy atom. The van der Waals surface area contributed by atoms with Crippen molar-refractivity contribution in [3.8, 4) is 6.07 Å². The van der Waals surface area contributed by atoms with Crippen LogP contribution in [0, 0.1) is 11.3 Å². The predicted octanol–water partition coefficient (Wildman–Crippen LogP) is 2.91. The third-order valence-electron chi connectivity index (χ3n) is 2.86. The van der Waals surface area contributed by atoms with Crippen LogP contribution in [0.2, 0.25) is 0 Å². The molecule has 0 aliphatic heterocycles. The first-order chi connectivity index (χ1) is 9.76. The lowest BCUT2D eigenvalue weighted by molar-refractivity contribution is 0.0526. The molecule has 1 aromatic heterocycles. The molecule has 0 aliphatic rings. The van der Waals surface area contributed by atoms with E-state index in [1.54, 1.807) is 19.1 Å². The Kier molecular flexibility index (Phi) is 4.46. The largest absolute Gasteiger partial charge is 0.462 e. The molecule has 0 radical (unpaired) electrons. The van der Waals surface area contributed by atoms with Crippen LogP contribution in [-0.2, 0) is 4.74 Å². The molecule has 0 spiro atoms. The van der Waals surface area contributed by atoms with E-state index in [0.29, 0.717) is 17.9 Å². The number of benzene rings is 1. The Labute approximate surface area is 117 Å². The third-order valence-corrected chi connectivity index (χ3v) is 2.86. The van der Waals surface area contributed by atoms with Gasteiger partial charge in [0.05, 0.1) is 23.9 Å². The fourth-order valence-corrected chi connectivity index (χ4v) is 1.87. The van der Waals surface area contributed by atoms with E-state index in [9.17, 15) is 10.1 Å². The number of nitrogens with zero attached hydrogens (tertiary/aromatic N) is 2. The van der Waals surface area contributed by atoms with Gasteiger partial charge >= 0.3 is 5.97 Å². The maximum Gasteiger partial charge on any atom is 0.339 e. The monoisotopic (exact) mass is 266 g/mol. The molecule has 1 aromatic carbocycles. The summed E-state index contributed by atoms with van der Waals surface area (Å²) in [7, 11) is 0. The number of carbonyl (C=O) groups excluding carboxylic acids is 1. The number of aromatic nitrogens is 1. The molecule has 1 unspecified atom stereocenters. The van der Waals surface area contributed by atoms with E-state index in [1.807, 2.05) is 30.3 Å². The first kappa shape index (κ1) is 13.8. The molecular weight excluding hydrogens is 252 g/mol. The van der Waals surface area contributed by atoms with E-state index in [0.717, 1.165) is 5.56 Å². The van der Waals surface area contributed by atoms with Crippen LogP contribution >= 0.6 is 0 Å². The van der Waals surface area contributed by atoms with Gasteiger partial charge < -0.3 is 4.74 Å². The smallest absolute Gasteiger partial charge is 0.339 e.